The van der Waals surface area contributed by atoms with Crippen LogP contribution in [0, 0.1) is 6.92 Å². The maximum absolute atomic E-state index is 10.6. The van der Waals surface area contributed by atoms with E-state index in [1.165, 1.54) is 4.70 Å². The summed E-state index contributed by atoms with van der Waals surface area (Å²) in [6.45, 7) is 2.01. The van der Waals surface area contributed by atoms with Crippen molar-refractivity contribution in [2.45, 2.75) is 13.5 Å². The second-order valence-electron chi connectivity index (χ2n) is 2.69. The fraction of sp³-hybridized carbons (Fsp3) is 0.250. The highest BCUT2D eigenvalue weighted by Crippen LogP contribution is 2.24. The molecule has 2 rings (SSSR count). The molecule has 0 aliphatic heterocycles. The van der Waals surface area contributed by atoms with Crippen molar-refractivity contribution >= 4 is 38.2 Å². The molecule has 0 amide bonds. The van der Waals surface area contributed by atoms with Gasteiger partial charge in [-0.05, 0) is 11.4 Å². The van der Waals surface area contributed by atoms with Gasteiger partial charge in [0.05, 0.1) is 0 Å². The Morgan fingerprint density at radius 2 is 2.36 bits per heavy atom. The van der Waals surface area contributed by atoms with E-state index in [-0.39, 0.29) is 23.5 Å². The van der Waals surface area contributed by atoms with Gasteiger partial charge in [-0.1, -0.05) is 22.7 Å². The second-order valence-corrected chi connectivity index (χ2v) is 4.82. The standard InChI is InChI=1S/C8H7NO2S2.BrH/c1-5-9(4-7(10)11)8-6(13-5)2-3-12-8;/h2-3H,4H2,1H3;1H. The Kier molecular flexibility index (Phi) is 3.63. The maximum atomic E-state index is 10.6. The third-order valence-corrected chi connectivity index (χ3v) is 3.92. The second kappa shape index (κ2) is 4.37. The number of aliphatic carboxylic acids is 1. The van der Waals surface area contributed by atoms with Gasteiger partial charge >= 0.3 is 5.97 Å². The lowest BCUT2D eigenvalue weighted by Gasteiger charge is -1.88. The Bertz CT molecular complexity index is 463. The molecule has 0 saturated carbocycles. The molecule has 0 radical (unpaired) electrons. The van der Waals surface area contributed by atoms with Gasteiger partial charge in [0.25, 0.3) is 4.83 Å². The first-order valence-corrected chi connectivity index (χ1v) is 5.46. The topological polar surface area (TPSA) is 41.2 Å². The van der Waals surface area contributed by atoms with Crippen molar-refractivity contribution in [1.29, 1.82) is 0 Å². The molecule has 0 spiro atoms. The molecule has 0 fully saturated rings. The monoisotopic (exact) mass is 293 g/mol. The van der Waals surface area contributed by atoms with Gasteiger partial charge in [-0.25, -0.2) is 4.79 Å². The molecule has 0 atom stereocenters. The number of hydrogen-bond donors (Lipinski definition) is 1. The molecule has 0 aliphatic carbocycles. The first-order valence-electron chi connectivity index (χ1n) is 3.76. The summed E-state index contributed by atoms with van der Waals surface area (Å²) in [4.78, 5) is 11.6. The lowest BCUT2D eigenvalue weighted by atomic mass is 10.5. The average molecular weight is 294 g/mol. The van der Waals surface area contributed by atoms with Gasteiger partial charge in [-0.15, -0.1) is 0 Å². The van der Waals surface area contributed by atoms with Crippen molar-refractivity contribution in [2.24, 2.45) is 0 Å². The summed E-state index contributed by atoms with van der Waals surface area (Å²) in [5.41, 5.74) is 0. The zero-order valence-corrected chi connectivity index (χ0v) is 10.6. The molecule has 0 unspecified atom stereocenters. The zero-order valence-electron chi connectivity index (χ0n) is 7.36. The van der Waals surface area contributed by atoms with Gasteiger partial charge in [0.2, 0.25) is 11.6 Å². The van der Waals surface area contributed by atoms with Gasteiger partial charge in [-0.3, -0.25) is 0 Å². The van der Waals surface area contributed by atoms with Crippen LogP contribution >= 0.6 is 22.7 Å². The van der Waals surface area contributed by atoms with Gasteiger partial charge in [0.1, 0.15) is 4.70 Å². The number of fused-ring (bicyclic) bond motifs is 1. The fourth-order valence-electron chi connectivity index (χ4n) is 1.24. The van der Waals surface area contributed by atoms with Crippen molar-refractivity contribution < 1.29 is 31.4 Å². The summed E-state index contributed by atoms with van der Waals surface area (Å²) in [7, 11) is 0. The molecule has 0 bridgehead atoms. The maximum Gasteiger partial charge on any atom is 0.370 e. The van der Waals surface area contributed by atoms with Crippen LogP contribution in [0.4, 0.5) is 0 Å². The zero-order chi connectivity index (χ0) is 9.42. The Balaban J connectivity index is 0.000000980. The van der Waals surface area contributed by atoms with E-state index in [1.54, 1.807) is 22.7 Å². The predicted molar refractivity (Wildman–Crippen MR) is 52.3 cm³/mol. The van der Waals surface area contributed by atoms with Crippen molar-refractivity contribution in [3.8, 4) is 0 Å². The Morgan fingerprint density at radius 3 is 3.00 bits per heavy atom. The number of carbonyl (C=O) groups is 1. The predicted octanol–water partition coefficient (Wildman–Crippen LogP) is -1.35. The minimum Gasteiger partial charge on any atom is -1.00 e. The molecule has 3 nitrogen and oxygen atoms in total. The highest BCUT2D eigenvalue weighted by molar-refractivity contribution is 7.25. The van der Waals surface area contributed by atoms with E-state index in [0.717, 1.165) is 9.84 Å². The minimum atomic E-state index is -0.791. The van der Waals surface area contributed by atoms with Crippen LogP contribution < -0.4 is 21.5 Å². The number of nitrogens with zero attached hydrogens (tertiary/aromatic N) is 1. The van der Waals surface area contributed by atoms with Gasteiger partial charge in [0, 0.05) is 6.92 Å². The smallest absolute Gasteiger partial charge is 0.370 e. The molecule has 1 N–H and O–H groups in total. The number of thiophene rings is 1. The number of carboxylic acid groups (broad SMARTS) is 1. The highest BCUT2D eigenvalue weighted by atomic mass is 79.9. The number of halogens is 1. The van der Waals surface area contributed by atoms with E-state index in [4.69, 9.17) is 5.11 Å². The number of aryl methyl sites for hydroxylation is 1. The number of hydrogen-bond acceptors (Lipinski definition) is 3. The molecule has 0 aromatic carbocycles. The molecule has 0 aliphatic rings. The molecular formula is C8H8BrNO2S2. The van der Waals surface area contributed by atoms with Gasteiger partial charge in [0.15, 0.2) is 0 Å². The minimum absolute atomic E-state index is 0. The van der Waals surface area contributed by atoms with Crippen LogP contribution in [0.25, 0.3) is 9.53 Å². The third-order valence-electron chi connectivity index (χ3n) is 1.79. The van der Waals surface area contributed by atoms with Gasteiger partial charge in [-0.2, -0.15) is 4.57 Å². The average Bonchev–Trinajstić information content (AvgIpc) is 2.55. The van der Waals surface area contributed by atoms with Crippen molar-refractivity contribution in [2.75, 3.05) is 0 Å². The molecule has 2 heterocycles. The van der Waals surface area contributed by atoms with E-state index >= 15 is 0 Å². The highest BCUT2D eigenvalue weighted by Gasteiger charge is 2.20. The Hall–Kier alpha value is -0.460. The summed E-state index contributed by atoms with van der Waals surface area (Å²) in [6, 6.07) is 2.02. The first-order chi connectivity index (χ1) is 6.18. The molecular weight excluding hydrogens is 286 g/mol. The van der Waals surface area contributed by atoms with Crippen LogP contribution in [-0.2, 0) is 11.3 Å². The summed E-state index contributed by atoms with van der Waals surface area (Å²) >= 11 is 3.22. The molecule has 2 aromatic heterocycles. The van der Waals surface area contributed by atoms with E-state index < -0.39 is 5.97 Å². The van der Waals surface area contributed by atoms with Crippen LogP contribution in [0.1, 0.15) is 5.01 Å². The van der Waals surface area contributed by atoms with Crippen molar-refractivity contribution in [1.82, 2.24) is 0 Å². The van der Waals surface area contributed by atoms with Crippen LogP contribution in [0.2, 0.25) is 0 Å². The quantitative estimate of drug-likeness (QED) is 0.696. The molecule has 14 heavy (non-hydrogen) atoms. The van der Waals surface area contributed by atoms with E-state index in [9.17, 15) is 4.79 Å². The first kappa shape index (κ1) is 11.6. The number of aromatic nitrogens is 1. The summed E-state index contributed by atoms with van der Waals surface area (Å²) in [5.74, 6) is -0.791. The number of thiazole rings is 1. The van der Waals surface area contributed by atoms with E-state index in [2.05, 4.69) is 0 Å². The van der Waals surface area contributed by atoms with Gasteiger partial charge < -0.3 is 22.1 Å². The Morgan fingerprint density at radius 1 is 1.64 bits per heavy atom. The van der Waals surface area contributed by atoms with Crippen LogP contribution in [0.15, 0.2) is 11.4 Å². The van der Waals surface area contributed by atoms with Crippen molar-refractivity contribution in [3.63, 3.8) is 0 Å². The van der Waals surface area contributed by atoms with Crippen LogP contribution in [0.3, 0.4) is 0 Å². The molecule has 0 saturated heterocycles. The lowest BCUT2D eigenvalue weighted by Crippen LogP contribution is -3.00. The molecule has 76 valence electrons. The van der Waals surface area contributed by atoms with E-state index in [0.29, 0.717) is 0 Å². The number of carboxylic acids is 1. The summed E-state index contributed by atoms with van der Waals surface area (Å²) in [6.07, 6.45) is 0. The Labute approximate surface area is 99.4 Å². The van der Waals surface area contributed by atoms with Crippen LogP contribution in [0.5, 0.6) is 0 Å². The molecule has 2 aromatic rings. The SMILES string of the molecule is Cc1sc2ccsc2[n+]1CC(=O)O.[Br-]. The summed E-state index contributed by atoms with van der Waals surface area (Å²) < 4.78 is 3.01. The summed E-state index contributed by atoms with van der Waals surface area (Å²) in [5, 5.41) is 11.7. The van der Waals surface area contributed by atoms with Crippen molar-refractivity contribution in [3.05, 3.63) is 16.5 Å². The third kappa shape index (κ3) is 1.97. The number of rotatable bonds is 2. The molecule has 6 heteroatoms. The van der Waals surface area contributed by atoms with E-state index in [1.807, 2.05) is 22.9 Å². The lowest BCUT2D eigenvalue weighted by molar-refractivity contribution is -0.659. The largest absolute Gasteiger partial charge is 1.00 e. The van der Waals surface area contributed by atoms with Crippen LogP contribution in [-0.4, -0.2) is 11.1 Å². The fourth-order valence-corrected chi connectivity index (χ4v) is 3.42. The normalized spacial score (nSPS) is 10.1.